The first-order valence-electron chi connectivity index (χ1n) is 13.9. The molecule has 0 aliphatic carbocycles. The van der Waals surface area contributed by atoms with Gasteiger partial charge < -0.3 is 9.47 Å². The third-order valence-corrected chi connectivity index (χ3v) is 7.59. The lowest BCUT2D eigenvalue weighted by molar-refractivity contribution is -0.120. The second-order valence-electron chi connectivity index (χ2n) is 10.7. The Hall–Kier alpha value is -4.12. The molecule has 0 N–H and O–H groups in total. The van der Waals surface area contributed by atoms with E-state index in [9.17, 15) is 9.59 Å². The fraction of sp³-hybridized carbons (Fsp3) is 0.294. The molecule has 1 aromatic heterocycles. The molecular formula is C34H37N3O2. The van der Waals surface area contributed by atoms with E-state index in [2.05, 4.69) is 48.7 Å². The predicted octanol–water partition coefficient (Wildman–Crippen LogP) is 7.12. The first kappa shape index (κ1) is 26.5. The number of aryl methyl sites for hydroxylation is 2. The fourth-order valence-electron chi connectivity index (χ4n) is 5.40. The van der Waals surface area contributed by atoms with Crippen molar-refractivity contribution in [1.82, 2.24) is 9.47 Å². The molecule has 1 atom stereocenters. The van der Waals surface area contributed by atoms with Gasteiger partial charge in [-0.05, 0) is 81.1 Å². The summed E-state index contributed by atoms with van der Waals surface area (Å²) in [6.45, 7) is 8.16. The minimum absolute atomic E-state index is 0.00844. The standard InChI is InChI=1S/C34H37N3O2/c1-5-6-10-26-16-20-28(21-17-26)34(39)36(24(2)3)23-32(38)37-30-12-8-7-11-29(30)35-22-9-13-31(35)33(37)27-18-14-25(4)15-19-27/h7-9,11-22,24,33H,5-6,10,23H2,1-4H3/t33-/m1/s1. The molecule has 1 aliphatic heterocycles. The molecule has 2 amide bonds. The molecule has 1 aliphatic rings. The smallest absolute Gasteiger partial charge is 0.254 e. The second kappa shape index (κ2) is 11.3. The normalized spacial score (nSPS) is 14.2. The zero-order valence-electron chi connectivity index (χ0n) is 23.3. The van der Waals surface area contributed by atoms with E-state index in [1.165, 1.54) is 11.1 Å². The number of anilines is 1. The van der Waals surface area contributed by atoms with Crippen LogP contribution in [0.25, 0.3) is 5.69 Å². The lowest BCUT2D eigenvalue weighted by Crippen LogP contribution is -2.48. The summed E-state index contributed by atoms with van der Waals surface area (Å²) in [6.07, 6.45) is 5.32. The lowest BCUT2D eigenvalue weighted by atomic mass is 9.97. The molecule has 0 saturated carbocycles. The van der Waals surface area contributed by atoms with Crippen LogP contribution in [0.2, 0.25) is 0 Å². The van der Waals surface area contributed by atoms with Crippen molar-refractivity contribution in [2.45, 2.75) is 59.0 Å². The number of amides is 2. The zero-order valence-corrected chi connectivity index (χ0v) is 23.3. The molecule has 5 heteroatoms. The Labute approximate surface area is 231 Å². The number of para-hydroxylation sites is 2. The minimum atomic E-state index is -0.301. The van der Waals surface area contributed by atoms with Crippen molar-refractivity contribution in [2.75, 3.05) is 11.4 Å². The summed E-state index contributed by atoms with van der Waals surface area (Å²) in [5.41, 5.74) is 6.87. The van der Waals surface area contributed by atoms with E-state index in [1.54, 1.807) is 4.90 Å². The second-order valence-corrected chi connectivity index (χ2v) is 10.7. The highest BCUT2D eigenvalue weighted by Crippen LogP contribution is 2.42. The summed E-state index contributed by atoms with van der Waals surface area (Å²) in [5, 5.41) is 0. The van der Waals surface area contributed by atoms with Crippen LogP contribution in [0.4, 0.5) is 5.69 Å². The van der Waals surface area contributed by atoms with E-state index in [4.69, 9.17) is 0 Å². The first-order valence-corrected chi connectivity index (χ1v) is 13.9. The van der Waals surface area contributed by atoms with Crippen molar-refractivity contribution in [3.05, 3.63) is 119 Å². The van der Waals surface area contributed by atoms with Gasteiger partial charge in [-0.2, -0.15) is 0 Å². The largest absolute Gasteiger partial charge is 0.327 e. The van der Waals surface area contributed by atoms with E-state index >= 15 is 0 Å². The number of benzene rings is 3. The van der Waals surface area contributed by atoms with E-state index in [0.717, 1.165) is 41.9 Å². The zero-order chi connectivity index (χ0) is 27.5. The number of hydrogen-bond donors (Lipinski definition) is 0. The Morgan fingerprint density at radius 1 is 0.872 bits per heavy atom. The quantitative estimate of drug-likeness (QED) is 0.249. The number of carbonyl (C=O) groups is 2. The highest BCUT2D eigenvalue weighted by molar-refractivity contribution is 6.02. The van der Waals surface area contributed by atoms with E-state index in [0.29, 0.717) is 5.56 Å². The molecule has 0 unspecified atom stereocenters. The Balaban J connectivity index is 1.49. The summed E-state index contributed by atoms with van der Waals surface area (Å²) in [6, 6.07) is 27.9. The van der Waals surface area contributed by atoms with Gasteiger partial charge in [0.1, 0.15) is 12.6 Å². The Morgan fingerprint density at radius 3 is 2.23 bits per heavy atom. The van der Waals surface area contributed by atoms with Crippen LogP contribution >= 0.6 is 0 Å². The molecule has 0 radical (unpaired) electrons. The molecule has 0 saturated heterocycles. The maximum Gasteiger partial charge on any atom is 0.254 e. The molecule has 0 fully saturated rings. The minimum Gasteiger partial charge on any atom is -0.327 e. The molecule has 5 nitrogen and oxygen atoms in total. The number of carbonyl (C=O) groups excluding carboxylic acids is 2. The van der Waals surface area contributed by atoms with Gasteiger partial charge in [0.2, 0.25) is 5.91 Å². The fourth-order valence-corrected chi connectivity index (χ4v) is 5.40. The van der Waals surface area contributed by atoms with Crippen LogP contribution in [0, 0.1) is 6.92 Å². The van der Waals surface area contributed by atoms with Gasteiger partial charge in [0, 0.05) is 17.8 Å². The number of nitrogens with zero attached hydrogens (tertiary/aromatic N) is 3. The molecular weight excluding hydrogens is 482 g/mol. The van der Waals surface area contributed by atoms with Gasteiger partial charge in [-0.25, -0.2) is 0 Å². The molecule has 0 bridgehead atoms. The van der Waals surface area contributed by atoms with Crippen molar-refractivity contribution in [3.8, 4) is 5.69 Å². The highest BCUT2D eigenvalue weighted by Gasteiger charge is 2.37. The molecule has 39 heavy (non-hydrogen) atoms. The predicted molar refractivity (Wildman–Crippen MR) is 158 cm³/mol. The summed E-state index contributed by atoms with van der Waals surface area (Å²) in [4.78, 5) is 31.5. The number of rotatable bonds is 8. The van der Waals surface area contributed by atoms with E-state index in [1.807, 2.05) is 79.5 Å². The lowest BCUT2D eigenvalue weighted by Gasteiger charge is -2.40. The first-order chi connectivity index (χ1) is 18.9. The van der Waals surface area contributed by atoms with Gasteiger partial charge in [-0.1, -0.05) is 67.4 Å². The van der Waals surface area contributed by atoms with Gasteiger partial charge in [-0.15, -0.1) is 0 Å². The van der Waals surface area contributed by atoms with Crippen molar-refractivity contribution in [3.63, 3.8) is 0 Å². The van der Waals surface area contributed by atoms with E-state index < -0.39 is 0 Å². The van der Waals surface area contributed by atoms with Crippen LogP contribution in [0.15, 0.2) is 91.1 Å². The van der Waals surface area contributed by atoms with Crippen LogP contribution in [0.3, 0.4) is 0 Å². The van der Waals surface area contributed by atoms with Gasteiger partial charge in [-0.3, -0.25) is 14.5 Å². The maximum atomic E-state index is 14.3. The molecule has 4 aromatic rings. The summed E-state index contributed by atoms with van der Waals surface area (Å²) in [7, 11) is 0. The molecule has 2 heterocycles. The number of fused-ring (bicyclic) bond motifs is 3. The Morgan fingerprint density at radius 2 is 1.56 bits per heavy atom. The van der Waals surface area contributed by atoms with Crippen LogP contribution in [-0.2, 0) is 11.2 Å². The third-order valence-electron chi connectivity index (χ3n) is 7.59. The van der Waals surface area contributed by atoms with Gasteiger partial charge >= 0.3 is 0 Å². The maximum absolute atomic E-state index is 14.3. The number of hydrogen-bond acceptors (Lipinski definition) is 2. The summed E-state index contributed by atoms with van der Waals surface area (Å²) in [5.74, 6) is -0.233. The topological polar surface area (TPSA) is 45.6 Å². The summed E-state index contributed by atoms with van der Waals surface area (Å²) < 4.78 is 2.16. The average Bonchev–Trinajstić information content (AvgIpc) is 3.44. The molecule has 5 rings (SSSR count). The highest BCUT2D eigenvalue weighted by atomic mass is 16.2. The Bertz CT molecular complexity index is 1450. The van der Waals surface area contributed by atoms with Gasteiger partial charge in [0.25, 0.3) is 5.91 Å². The van der Waals surface area contributed by atoms with Crippen LogP contribution in [-0.4, -0.2) is 33.9 Å². The van der Waals surface area contributed by atoms with Gasteiger partial charge in [0.15, 0.2) is 0 Å². The van der Waals surface area contributed by atoms with Crippen LogP contribution in [0.5, 0.6) is 0 Å². The van der Waals surface area contributed by atoms with Crippen LogP contribution < -0.4 is 4.90 Å². The van der Waals surface area contributed by atoms with Crippen molar-refractivity contribution >= 4 is 17.5 Å². The van der Waals surface area contributed by atoms with Crippen LogP contribution in [0.1, 0.15) is 72.4 Å². The third kappa shape index (κ3) is 5.26. The molecule has 200 valence electrons. The van der Waals surface area contributed by atoms with E-state index in [-0.39, 0.29) is 30.4 Å². The van der Waals surface area contributed by atoms with Gasteiger partial charge in [0.05, 0.1) is 17.1 Å². The average molecular weight is 520 g/mol. The Kier molecular flexibility index (Phi) is 7.69. The van der Waals surface area contributed by atoms with Crippen molar-refractivity contribution in [2.24, 2.45) is 0 Å². The summed E-state index contributed by atoms with van der Waals surface area (Å²) >= 11 is 0. The van der Waals surface area contributed by atoms with Crippen molar-refractivity contribution < 1.29 is 9.59 Å². The molecule has 0 spiro atoms. The molecule has 3 aromatic carbocycles. The SMILES string of the molecule is CCCCc1ccc(C(=O)N(CC(=O)N2c3ccccc3-n3cccc3[C@H]2c2ccc(C)cc2)C(C)C)cc1. The monoisotopic (exact) mass is 519 g/mol. The number of aromatic nitrogens is 1. The van der Waals surface area contributed by atoms with Crippen molar-refractivity contribution in [1.29, 1.82) is 0 Å². The number of unbranched alkanes of at least 4 members (excludes halogenated alkanes) is 1.